The minimum absolute atomic E-state index is 0.165. The van der Waals surface area contributed by atoms with E-state index in [0.717, 1.165) is 32.7 Å². The number of benzene rings is 2. The summed E-state index contributed by atoms with van der Waals surface area (Å²) in [6.07, 6.45) is -1.05. The number of esters is 1. The molecule has 0 bridgehead atoms. The van der Waals surface area contributed by atoms with Crippen molar-refractivity contribution in [2.75, 3.05) is 61.0 Å². The molecule has 0 unspecified atom stereocenters. The Morgan fingerprint density at radius 1 is 0.962 bits per heavy atom. The number of rotatable bonds is 7. The first-order valence-corrected chi connectivity index (χ1v) is 19.0. The number of hydrogen-bond donors (Lipinski definition) is 1. The molecule has 2 heterocycles. The predicted octanol–water partition coefficient (Wildman–Crippen LogP) is 5.51. The number of hydrogen-bond acceptors (Lipinski definition) is 10. The van der Waals surface area contributed by atoms with E-state index in [4.69, 9.17) is 18.9 Å². The molecular weight excluding hydrogens is 658 g/mol. The molecule has 1 N–H and O–H groups in total. The summed E-state index contributed by atoms with van der Waals surface area (Å²) < 4.78 is 25.0. The zero-order valence-corrected chi connectivity index (χ0v) is 33.3. The molecule has 0 radical (unpaired) electrons. The number of Topliss-reactive ketones (excluding diaryl/α,β-unsaturated/α-hetero) is 1. The van der Waals surface area contributed by atoms with Crippen molar-refractivity contribution in [1.82, 2.24) is 14.7 Å². The number of ether oxygens (including phenoxy) is 4. The zero-order valence-electron chi connectivity index (χ0n) is 33.3. The molecule has 0 saturated carbocycles. The van der Waals surface area contributed by atoms with Crippen LogP contribution in [-0.2, 0) is 35.1 Å². The van der Waals surface area contributed by atoms with Gasteiger partial charge in [0.25, 0.3) is 0 Å². The third-order valence-corrected chi connectivity index (χ3v) is 11.1. The molecule has 0 spiro atoms. The first kappa shape index (κ1) is 42.0. The van der Waals surface area contributed by atoms with E-state index in [1.54, 1.807) is 27.9 Å². The lowest BCUT2D eigenvalue weighted by atomic mass is 9.74. The molecule has 2 aliphatic heterocycles. The van der Waals surface area contributed by atoms with Crippen molar-refractivity contribution in [2.24, 2.45) is 17.3 Å². The largest absolute Gasteiger partial charge is 0.465 e. The lowest BCUT2D eigenvalue weighted by Crippen LogP contribution is -2.59. The molecule has 4 rings (SSSR count). The number of ketones is 1. The van der Waals surface area contributed by atoms with Gasteiger partial charge >= 0.3 is 5.97 Å². The lowest BCUT2D eigenvalue weighted by molar-refractivity contribution is -0.295. The Labute approximate surface area is 312 Å². The fourth-order valence-corrected chi connectivity index (χ4v) is 8.05. The Bertz CT molecular complexity index is 1440. The van der Waals surface area contributed by atoms with Gasteiger partial charge in [0, 0.05) is 51.8 Å². The standard InChI is InChI=1S/C42H65N3O7/c1-29-26-42(6,49-10)38(52-39-36(46)35(43(7)8)24-30(2)51-39)31(3)37(47)41(4,5)40(48)50-23-15-20-45(22-21-44(9)27-29)28-32-16-14-19-34(25-32)33-17-12-11-13-18-33/h11-14,16-19,25,29-31,35-36,38-39,46H,15,20-24,26-28H2,1-10H3/t29-,30-,31+,35+,36-,38-,39+,42-/m1/s1. The highest BCUT2D eigenvalue weighted by molar-refractivity contribution is 6.04. The fraction of sp³-hybridized carbons (Fsp3) is 0.667. The van der Waals surface area contributed by atoms with Crippen LogP contribution in [0.15, 0.2) is 54.6 Å². The molecule has 52 heavy (non-hydrogen) atoms. The maximum Gasteiger partial charge on any atom is 0.319 e. The third kappa shape index (κ3) is 10.7. The molecule has 2 aromatic rings. The maximum atomic E-state index is 14.4. The Kier molecular flexibility index (Phi) is 15.0. The van der Waals surface area contributed by atoms with Gasteiger partial charge in [-0.3, -0.25) is 14.5 Å². The van der Waals surface area contributed by atoms with Crippen LogP contribution in [0, 0.1) is 17.3 Å². The van der Waals surface area contributed by atoms with E-state index in [1.165, 1.54) is 16.7 Å². The van der Waals surface area contributed by atoms with E-state index >= 15 is 0 Å². The number of likely N-dealkylation sites (N-methyl/N-ethyl adjacent to an activating group) is 2. The Hall–Kier alpha value is -2.70. The molecule has 2 saturated heterocycles. The Balaban J connectivity index is 1.59. The molecule has 2 aromatic carbocycles. The molecule has 2 fully saturated rings. The minimum Gasteiger partial charge on any atom is -0.465 e. The van der Waals surface area contributed by atoms with E-state index in [9.17, 15) is 14.7 Å². The Morgan fingerprint density at radius 3 is 2.33 bits per heavy atom. The van der Waals surface area contributed by atoms with Gasteiger partial charge in [0.2, 0.25) is 0 Å². The highest BCUT2D eigenvalue weighted by atomic mass is 16.7. The van der Waals surface area contributed by atoms with Crippen LogP contribution >= 0.6 is 0 Å². The number of nitrogens with zero attached hydrogens (tertiary/aromatic N) is 3. The van der Waals surface area contributed by atoms with E-state index in [0.29, 0.717) is 19.3 Å². The smallest absolute Gasteiger partial charge is 0.319 e. The molecule has 0 aromatic heterocycles. The van der Waals surface area contributed by atoms with Crippen molar-refractivity contribution in [1.29, 1.82) is 0 Å². The molecule has 2 aliphatic rings. The summed E-state index contributed by atoms with van der Waals surface area (Å²) in [7, 11) is 7.64. The molecule has 290 valence electrons. The van der Waals surface area contributed by atoms with Crippen LogP contribution in [0.2, 0.25) is 0 Å². The average molecular weight is 724 g/mol. The second-order valence-corrected chi connectivity index (χ2v) is 16.3. The first-order valence-electron chi connectivity index (χ1n) is 19.0. The van der Waals surface area contributed by atoms with Crippen molar-refractivity contribution < 1.29 is 33.6 Å². The van der Waals surface area contributed by atoms with Crippen LogP contribution in [0.3, 0.4) is 0 Å². The Morgan fingerprint density at radius 2 is 1.65 bits per heavy atom. The van der Waals surface area contributed by atoms with Crippen LogP contribution in [0.5, 0.6) is 0 Å². The number of methoxy groups -OCH3 is 1. The monoisotopic (exact) mass is 723 g/mol. The number of aliphatic hydroxyl groups is 1. The maximum absolute atomic E-state index is 14.4. The average Bonchev–Trinajstić information content (AvgIpc) is 3.11. The fourth-order valence-electron chi connectivity index (χ4n) is 8.05. The topological polar surface area (TPSA) is 101 Å². The highest BCUT2D eigenvalue weighted by Gasteiger charge is 2.51. The van der Waals surface area contributed by atoms with Crippen molar-refractivity contribution >= 4 is 11.8 Å². The van der Waals surface area contributed by atoms with Crippen LogP contribution in [-0.4, -0.2) is 129 Å². The van der Waals surface area contributed by atoms with Crippen molar-refractivity contribution in [3.8, 4) is 11.1 Å². The van der Waals surface area contributed by atoms with E-state index in [-0.39, 0.29) is 30.5 Å². The summed E-state index contributed by atoms with van der Waals surface area (Å²) in [4.78, 5) is 34.7. The molecular formula is C42H65N3O7. The van der Waals surface area contributed by atoms with Crippen molar-refractivity contribution in [2.45, 2.75) is 104 Å². The summed E-state index contributed by atoms with van der Waals surface area (Å²) in [5.74, 6) is -1.47. The van der Waals surface area contributed by atoms with Crippen LogP contribution in [0.25, 0.3) is 11.1 Å². The summed E-state index contributed by atoms with van der Waals surface area (Å²) in [6, 6.07) is 18.9. The number of aliphatic hydroxyl groups excluding tert-OH is 1. The minimum atomic E-state index is -1.43. The summed E-state index contributed by atoms with van der Waals surface area (Å²) >= 11 is 0. The third-order valence-electron chi connectivity index (χ3n) is 11.1. The number of cyclic esters (lactones) is 1. The van der Waals surface area contributed by atoms with Gasteiger partial charge in [0.15, 0.2) is 12.1 Å². The normalized spacial score (nSPS) is 32.3. The van der Waals surface area contributed by atoms with Gasteiger partial charge in [0.1, 0.15) is 11.5 Å². The second-order valence-electron chi connectivity index (χ2n) is 16.3. The highest BCUT2D eigenvalue weighted by Crippen LogP contribution is 2.38. The quantitative estimate of drug-likeness (QED) is 0.291. The van der Waals surface area contributed by atoms with Gasteiger partial charge in [-0.25, -0.2) is 0 Å². The number of carbonyl (C=O) groups is 2. The van der Waals surface area contributed by atoms with Gasteiger partial charge in [-0.2, -0.15) is 0 Å². The first-order chi connectivity index (χ1) is 24.5. The van der Waals surface area contributed by atoms with Crippen LogP contribution in [0.4, 0.5) is 0 Å². The number of carbonyl (C=O) groups excluding carboxylic acids is 2. The van der Waals surface area contributed by atoms with E-state index in [1.807, 2.05) is 38.9 Å². The lowest BCUT2D eigenvalue weighted by Gasteiger charge is -2.47. The van der Waals surface area contributed by atoms with E-state index in [2.05, 4.69) is 72.3 Å². The summed E-state index contributed by atoms with van der Waals surface area (Å²) in [5, 5.41) is 11.4. The zero-order chi connectivity index (χ0) is 38.2. The van der Waals surface area contributed by atoms with E-state index < -0.39 is 41.4 Å². The van der Waals surface area contributed by atoms with Crippen molar-refractivity contribution in [3.05, 3.63) is 60.2 Å². The molecule has 10 heteroatoms. The van der Waals surface area contributed by atoms with Gasteiger partial charge in [-0.05, 0) is 96.8 Å². The van der Waals surface area contributed by atoms with Crippen LogP contribution < -0.4 is 0 Å². The van der Waals surface area contributed by atoms with Crippen LogP contribution in [0.1, 0.15) is 66.4 Å². The second kappa shape index (κ2) is 18.6. The van der Waals surface area contributed by atoms with Gasteiger partial charge < -0.3 is 33.9 Å². The van der Waals surface area contributed by atoms with Crippen molar-refractivity contribution in [3.63, 3.8) is 0 Å². The van der Waals surface area contributed by atoms with Gasteiger partial charge in [-0.1, -0.05) is 62.4 Å². The van der Waals surface area contributed by atoms with Gasteiger partial charge in [-0.15, -0.1) is 0 Å². The summed E-state index contributed by atoms with van der Waals surface area (Å²) in [6.45, 7) is 15.4. The molecule has 0 aliphatic carbocycles. The molecule has 0 amide bonds. The molecule has 8 atom stereocenters. The molecule has 10 nitrogen and oxygen atoms in total. The summed E-state index contributed by atoms with van der Waals surface area (Å²) in [5.41, 5.74) is 1.21. The SMILES string of the molecule is CO[C@]1(C)C[C@@H](C)CN(C)CCN(Cc2cccc(-c3ccccc3)c2)CCCOC(=O)C(C)(C)C(=O)[C@H](C)[C@H]1O[C@@H]1O[C@H](C)C[C@H](N(C)C)[C@H]1O. The predicted molar refractivity (Wildman–Crippen MR) is 205 cm³/mol. The van der Waals surface area contributed by atoms with Gasteiger partial charge in [0.05, 0.1) is 24.4 Å².